The van der Waals surface area contributed by atoms with E-state index in [1.165, 1.54) is 28.6 Å². The van der Waals surface area contributed by atoms with Crippen LogP contribution >= 0.6 is 0 Å². The molecule has 1 aliphatic rings. The van der Waals surface area contributed by atoms with Crippen LogP contribution in [0.25, 0.3) is 11.0 Å². The molecule has 1 N–H and O–H groups in total. The predicted molar refractivity (Wildman–Crippen MR) is 105 cm³/mol. The van der Waals surface area contributed by atoms with Crippen LogP contribution in [0.1, 0.15) is 16.1 Å². The summed E-state index contributed by atoms with van der Waals surface area (Å²) in [5.41, 5.74) is 2.24. The average molecular weight is 418 g/mol. The van der Waals surface area contributed by atoms with Gasteiger partial charge < -0.3 is 14.4 Å². The average Bonchev–Trinajstić information content (AvgIpc) is 3.14. The number of hydrogen-bond acceptors (Lipinski definition) is 5. The minimum atomic E-state index is -3.90. The Morgan fingerprint density at radius 1 is 1.10 bits per heavy atom. The number of carboxylic acid groups (broad SMARTS) is 1. The van der Waals surface area contributed by atoms with Gasteiger partial charge in [0.05, 0.1) is 0 Å². The highest BCUT2D eigenvalue weighted by atomic mass is 32.2. The third kappa shape index (κ3) is 3.36. The van der Waals surface area contributed by atoms with Crippen molar-refractivity contribution >= 4 is 32.6 Å². The molecule has 1 aromatic heterocycles. The Bertz CT molecular complexity index is 1200. The molecule has 4 rings (SSSR count). The Balaban J connectivity index is 1.56. The minimum Gasteiger partial charge on any atom is -0.475 e. The number of furan rings is 1. The van der Waals surface area contributed by atoms with Gasteiger partial charge in [-0.2, -0.15) is 4.31 Å². The number of halogens is 1. The molecule has 0 amide bonds. The summed E-state index contributed by atoms with van der Waals surface area (Å²) in [4.78, 5) is 12.9. The Morgan fingerprint density at radius 3 is 2.45 bits per heavy atom. The van der Waals surface area contributed by atoms with Gasteiger partial charge in [-0.05, 0) is 42.8 Å². The second-order valence-corrected chi connectivity index (χ2v) is 8.77. The van der Waals surface area contributed by atoms with Gasteiger partial charge >= 0.3 is 5.97 Å². The van der Waals surface area contributed by atoms with E-state index in [9.17, 15) is 17.6 Å². The van der Waals surface area contributed by atoms with Gasteiger partial charge in [0.2, 0.25) is 15.8 Å². The zero-order chi connectivity index (χ0) is 20.8. The number of piperazine rings is 1. The summed E-state index contributed by atoms with van der Waals surface area (Å²) in [5, 5.41) is 9.83. The number of nitrogens with zero attached hydrogens (tertiary/aromatic N) is 2. The third-order valence-corrected chi connectivity index (χ3v) is 7.12. The second kappa shape index (κ2) is 7.16. The van der Waals surface area contributed by atoms with E-state index in [0.29, 0.717) is 24.1 Å². The van der Waals surface area contributed by atoms with E-state index in [1.54, 1.807) is 6.07 Å². The van der Waals surface area contributed by atoms with Gasteiger partial charge in [-0.25, -0.2) is 17.6 Å². The summed E-state index contributed by atoms with van der Waals surface area (Å²) in [6.45, 7) is 3.19. The SMILES string of the molecule is Cc1c(N2CCN(S(=O)(=O)c3ccccc3F)CC2)ccc2oc(C(=O)O)cc12. The number of fused-ring (bicyclic) bond motifs is 1. The van der Waals surface area contributed by atoms with Crippen LogP contribution in [0.5, 0.6) is 0 Å². The maximum absolute atomic E-state index is 14.0. The van der Waals surface area contributed by atoms with Crippen LogP contribution in [-0.2, 0) is 10.0 Å². The van der Waals surface area contributed by atoms with Gasteiger partial charge in [0.1, 0.15) is 16.3 Å². The van der Waals surface area contributed by atoms with E-state index in [1.807, 2.05) is 17.9 Å². The zero-order valence-electron chi connectivity index (χ0n) is 15.6. The van der Waals surface area contributed by atoms with Crippen molar-refractivity contribution in [3.05, 3.63) is 59.6 Å². The van der Waals surface area contributed by atoms with E-state index >= 15 is 0 Å². The van der Waals surface area contributed by atoms with Crippen LogP contribution in [-0.4, -0.2) is 50.0 Å². The van der Waals surface area contributed by atoms with Crippen molar-refractivity contribution in [2.24, 2.45) is 0 Å². The van der Waals surface area contributed by atoms with Crippen LogP contribution in [0.4, 0.5) is 10.1 Å². The first-order valence-electron chi connectivity index (χ1n) is 9.05. The lowest BCUT2D eigenvalue weighted by Crippen LogP contribution is -2.49. The number of anilines is 1. The molecule has 1 fully saturated rings. The summed E-state index contributed by atoms with van der Waals surface area (Å²) in [7, 11) is -3.90. The molecule has 2 heterocycles. The van der Waals surface area contributed by atoms with Gasteiger partial charge in [0.15, 0.2) is 0 Å². The zero-order valence-corrected chi connectivity index (χ0v) is 16.4. The fourth-order valence-corrected chi connectivity index (χ4v) is 5.14. The Kier molecular flexibility index (Phi) is 4.79. The number of carbonyl (C=O) groups is 1. The largest absolute Gasteiger partial charge is 0.475 e. The molecule has 9 heteroatoms. The molecule has 3 aromatic rings. The van der Waals surface area contributed by atoms with Gasteiger partial charge in [-0.1, -0.05) is 12.1 Å². The highest BCUT2D eigenvalue weighted by molar-refractivity contribution is 7.89. The van der Waals surface area contributed by atoms with Crippen molar-refractivity contribution in [2.45, 2.75) is 11.8 Å². The monoisotopic (exact) mass is 418 g/mol. The molecule has 0 spiro atoms. The highest BCUT2D eigenvalue weighted by Crippen LogP contribution is 2.32. The molecule has 0 unspecified atom stereocenters. The minimum absolute atomic E-state index is 0.124. The van der Waals surface area contributed by atoms with Crippen molar-refractivity contribution in [3.63, 3.8) is 0 Å². The Hall–Kier alpha value is -2.91. The summed E-state index contributed by atoms with van der Waals surface area (Å²) in [5.74, 6) is -2.01. The smallest absolute Gasteiger partial charge is 0.371 e. The first-order valence-corrected chi connectivity index (χ1v) is 10.5. The highest BCUT2D eigenvalue weighted by Gasteiger charge is 2.31. The number of carboxylic acids is 1. The van der Waals surface area contributed by atoms with Crippen molar-refractivity contribution in [2.75, 3.05) is 31.1 Å². The summed E-state index contributed by atoms with van der Waals surface area (Å²) >= 11 is 0. The van der Waals surface area contributed by atoms with Crippen LogP contribution < -0.4 is 4.90 Å². The van der Waals surface area contributed by atoms with E-state index in [-0.39, 0.29) is 23.7 Å². The lowest BCUT2D eigenvalue weighted by atomic mass is 10.1. The van der Waals surface area contributed by atoms with E-state index in [4.69, 9.17) is 9.52 Å². The maximum Gasteiger partial charge on any atom is 0.371 e. The first-order chi connectivity index (χ1) is 13.8. The number of sulfonamides is 1. The molecule has 0 atom stereocenters. The molecule has 0 saturated carbocycles. The fourth-order valence-electron chi connectivity index (χ4n) is 3.65. The molecular formula is C20H19FN2O5S. The van der Waals surface area contributed by atoms with Gasteiger partial charge in [0.25, 0.3) is 0 Å². The van der Waals surface area contributed by atoms with Crippen molar-refractivity contribution in [1.29, 1.82) is 0 Å². The van der Waals surface area contributed by atoms with Crippen LogP contribution in [0, 0.1) is 12.7 Å². The van der Waals surface area contributed by atoms with Crippen LogP contribution in [0.15, 0.2) is 51.8 Å². The van der Waals surface area contributed by atoms with Crippen molar-refractivity contribution in [1.82, 2.24) is 4.31 Å². The predicted octanol–water partition coefficient (Wildman–Crippen LogP) is 3.09. The van der Waals surface area contributed by atoms with Gasteiger partial charge in [0, 0.05) is 37.3 Å². The molecule has 1 saturated heterocycles. The lowest BCUT2D eigenvalue weighted by molar-refractivity contribution is 0.0665. The van der Waals surface area contributed by atoms with Gasteiger partial charge in [-0.3, -0.25) is 0 Å². The number of rotatable bonds is 4. The maximum atomic E-state index is 14.0. The third-order valence-electron chi connectivity index (χ3n) is 5.19. The molecule has 152 valence electrons. The molecular weight excluding hydrogens is 399 g/mol. The van der Waals surface area contributed by atoms with E-state index < -0.39 is 21.8 Å². The van der Waals surface area contributed by atoms with Crippen molar-refractivity contribution in [3.8, 4) is 0 Å². The topological polar surface area (TPSA) is 91.1 Å². The van der Waals surface area contributed by atoms with Crippen molar-refractivity contribution < 1.29 is 27.1 Å². The standard InChI is InChI=1S/C20H19FN2O5S/c1-13-14-12-18(20(24)25)28-17(14)7-6-16(13)22-8-10-23(11-9-22)29(26,27)19-5-3-2-4-15(19)21/h2-7,12H,8-11H2,1H3,(H,24,25). The van der Waals surface area contributed by atoms with Crippen LogP contribution in [0.3, 0.4) is 0 Å². The first kappa shape index (κ1) is 19.4. The Labute approximate surface area is 167 Å². The van der Waals surface area contributed by atoms with E-state index in [0.717, 1.165) is 17.3 Å². The quantitative estimate of drug-likeness (QED) is 0.700. The molecule has 7 nitrogen and oxygen atoms in total. The summed E-state index contributed by atoms with van der Waals surface area (Å²) in [6, 6.07) is 10.4. The molecule has 0 bridgehead atoms. The molecule has 0 radical (unpaired) electrons. The summed E-state index contributed by atoms with van der Waals surface area (Å²) < 4.78 is 46.1. The van der Waals surface area contributed by atoms with Gasteiger partial charge in [-0.15, -0.1) is 0 Å². The molecule has 29 heavy (non-hydrogen) atoms. The molecule has 0 aliphatic carbocycles. The number of benzene rings is 2. The normalized spacial score (nSPS) is 15.7. The van der Waals surface area contributed by atoms with E-state index in [2.05, 4.69) is 0 Å². The number of aromatic carboxylic acids is 1. The Morgan fingerprint density at radius 2 is 1.79 bits per heavy atom. The molecule has 2 aromatic carbocycles. The van der Waals surface area contributed by atoms with Crippen LogP contribution in [0.2, 0.25) is 0 Å². The summed E-state index contributed by atoms with van der Waals surface area (Å²) in [6.07, 6.45) is 0. The fraction of sp³-hybridized carbons (Fsp3) is 0.250. The lowest BCUT2D eigenvalue weighted by Gasteiger charge is -2.36. The number of aryl methyl sites for hydroxylation is 1. The number of hydrogen-bond donors (Lipinski definition) is 1. The molecule has 1 aliphatic heterocycles. The second-order valence-electron chi connectivity index (χ2n) is 6.86.